The topological polar surface area (TPSA) is 79.2 Å². The first kappa shape index (κ1) is 15.1. The Morgan fingerprint density at radius 2 is 1.86 bits per heavy atom. The first-order valence-electron chi connectivity index (χ1n) is 5.91. The Hall–Kier alpha value is -2.27. The number of hydrogen-bond donors (Lipinski definition) is 1. The Morgan fingerprint density at radius 3 is 2.52 bits per heavy atom. The molecule has 108 valence electrons. The lowest BCUT2D eigenvalue weighted by Crippen LogP contribution is -2.25. The summed E-state index contributed by atoms with van der Waals surface area (Å²) in [6, 6.07) is 13.8. The maximum absolute atomic E-state index is 13.4. The predicted octanol–water partition coefficient (Wildman–Crippen LogP) is 2.11. The molecule has 0 spiro atoms. The molecule has 0 aliphatic carbocycles. The first-order chi connectivity index (χ1) is 10.0. The van der Waals surface area contributed by atoms with Crippen LogP contribution in [0.1, 0.15) is 11.1 Å². The summed E-state index contributed by atoms with van der Waals surface area (Å²) in [5.41, 5.74) is 0.216. The van der Waals surface area contributed by atoms with Gasteiger partial charge < -0.3 is 0 Å². The lowest BCUT2D eigenvalue weighted by atomic mass is 10.2. The van der Waals surface area contributed by atoms with Crippen LogP contribution in [0.3, 0.4) is 0 Å². The molecule has 0 heterocycles. The van der Waals surface area contributed by atoms with Crippen molar-refractivity contribution in [2.75, 3.05) is 0 Å². The molecule has 0 unspecified atom stereocenters. The minimum Gasteiger partial charge on any atom is -0.282 e. The summed E-state index contributed by atoms with van der Waals surface area (Å²) in [6.45, 7) is 0.0112. The van der Waals surface area contributed by atoms with Crippen LogP contribution in [-0.4, -0.2) is 8.42 Å². The minimum absolute atomic E-state index is 0.0112. The van der Waals surface area contributed by atoms with Crippen LogP contribution in [0.2, 0.25) is 0 Å². The van der Waals surface area contributed by atoms with E-state index < -0.39 is 26.3 Å². The van der Waals surface area contributed by atoms with Gasteiger partial charge in [-0.25, -0.2) is 12.8 Å². The van der Waals surface area contributed by atoms with E-state index in [9.17, 15) is 12.8 Å². The fourth-order valence-electron chi connectivity index (χ4n) is 1.65. The Bertz CT molecular complexity index is 771. The second kappa shape index (κ2) is 6.45. The highest BCUT2D eigenvalue weighted by molar-refractivity contribution is 7.89. The molecule has 7 heteroatoms. The fourth-order valence-corrected chi connectivity index (χ4v) is 2.62. The van der Waals surface area contributed by atoms with Crippen molar-refractivity contribution in [3.8, 4) is 6.07 Å². The van der Waals surface area contributed by atoms with Crippen LogP contribution >= 0.6 is 0 Å². The summed E-state index contributed by atoms with van der Waals surface area (Å²) in [4.78, 5) is 6.33. The number of nitrogens with zero attached hydrogens (tertiary/aromatic N) is 1. The van der Waals surface area contributed by atoms with E-state index >= 15 is 0 Å². The minimum atomic E-state index is -4.13. The molecule has 0 aromatic heterocycles. The molecule has 2 aromatic carbocycles. The third kappa shape index (κ3) is 3.64. The standard InChI is InChI=1S/C14H11FN2O3S/c15-13-7-4-8-14(12(13)9-16)21(18,19)17-20-10-11-5-2-1-3-6-11/h1-8,17H,10H2. The van der Waals surface area contributed by atoms with E-state index in [4.69, 9.17) is 10.1 Å². The molecular weight excluding hydrogens is 295 g/mol. The highest BCUT2D eigenvalue weighted by Crippen LogP contribution is 2.17. The van der Waals surface area contributed by atoms with Crippen LogP contribution < -0.4 is 4.89 Å². The Kier molecular flexibility index (Phi) is 4.65. The molecule has 1 N–H and O–H groups in total. The quantitative estimate of drug-likeness (QED) is 0.858. The van der Waals surface area contributed by atoms with Crippen molar-refractivity contribution in [1.29, 1.82) is 5.26 Å². The van der Waals surface area contributed by atoms with Gasteiger partial charge in [0.1, 0.15) is 22.3 Å². The Morgan fingerprint density at radius 1 is 1.14 bits per heavy atom. The Balaban J connectivity index is 2.13. The van der Waals surface area contributed by atoms with Gasteiger partial charge in [0.15, 0.2) is 0 Å². The van der Waals surface area contributed by atoms with Crippen molar-refractivity contribution in [3.63, 3.8) is 0 Å². The lowest BCUT2D eigenvalue weighted by molar-refractivity contribution is 0.0795. The van der Waals surface area contributed by atoms with Crippen molar-refractivity contribution in [2.45, 2.75) is 11.5 Å². The van der Waals surface area contributed by atoms with Gasteiger partial charge >= 0.3 is 0 Å². The zero-order chi connectivity index (χ0) is 15.3. The second-order valence-electron chi connectivity index (χ2n) is 4.09. The van der Waals surface area contributed by atoms with E-state index in [1.165, 1.54) is 12.1 Å². The number of rotatable bonds is 5. The highest BCUT2D eigenvalue weighted by atomic mass is 32.2. The SMILES string of the molecule is N#Cc1c(F)cccc1S(=O)(=O)NOCc1ccccc1. The number of sulfonamides is 1. The van der Waals surface area contributed by atoms with E-state index in [1.54, 1.807) is 24.3 Å². The summed E-state index contributed by atoms with van der Waals surface area (Å²) in [5, 5.41) is 8.84. The van der Waals surface area contributed by atoms with Gasteiger partial charge in [0, 0.05) is 0 Å². The highest BCUT2D eigenvalue weighted by Gasteiger charge is 2.21. The molecule has 0 saturated carbocycles. The van der Waals surface area contributed by atoms with Crippen molar-refractivity contribution in [1.82, 2.24) is 4.89 Å². The van der Waals surface area contributed by atoms with Crippen molar-refractivity contribution in [3.05, 3.63) is 65.5 Å². The van der Waals surface area contributed by atoms with Crippen molar-refractivity contribution >= 4 is 10.0 Å². The van der Waals surface area contributed by atoms with Gasteiger partial charge in [-0.15, -0.1) is 0 Å². The second-order valence-corrected chi connectivity index (χ2v) is 5.70. The molecule has 0 atom stereocenters. The van der Waals surface area contributed by atoms with Gasteiger partial charge in [0.25, 0.3) is 10.0 Å². The summed E-state index contributed by atoms with van der Waals surface area (Å²) in [6.07, 6.45) is 0. The summed E-state index contributed by atoms with van der Waals surface area (Å²) in [5.74, 6) is -0.900. The van der Waals surface area contributed by atoms with Gasteiger partial charge in [-0.3, -0.25) is 4.84 Å². The normalized spacial score (nSPS) is 11.0. The summed E-state index contributed by atoms with van der Waals surface area (Å²) >= 11 is 0. The van der Waals surface area contributed by atoms with E-state index in [-0.39, 0.29) is 6.61 Å². The summed E-state index contributed by atoms with van der Waals surface area (Å²) in [7, 11) is -4.13. The van der Waals surface area contributed by atoms with Gasteiger partial charge in [0.05, 0.1) is 6.61 Å². The molecule has 0 bridgehead atoms. The molecule has 2 aromatic rings. The molecule has 21 heavy (non-hydrogen) atoms. The number of halogens is 1. The van der Waals surface area contributed by atoms with E-state index in [1.807, 2.05) is 11.0 Å². The smallest absolute Gasteiger partial charge is 0.263 e. The van der Waals surface area contributed by atoms with E-state index in [0.29, 0.717) is 0 Å². The largest absolute Gasteiger partial charge is 0.282 e. The monoisotopic (exact) mass is 306 g/mol. The Labute approximate surface area is 121 Å². The maximum Gasteiger partial charge on any atom is 0.263 e. The van der Waals surface area contributed by atoms with Crippen molar-refractivity contribution in [2.24, 2.45) is 0 Å². The lowest BCUT2D eigenvalue weighted by Gasteiger charge is -2.08. The van der Waals surface area contributed by atoms with Crippen molar-refractivity contribution < 1.29 is 17.6 Å². The van der Waals surface area contributed by atoms with Crippen LogP contribution in [0.5, 0.6) is 0 Å². The van der Waals surface area contributed by atoms with E-state index in [2.05, 4.69) is 0 Å². The molecule has 0 saturated heterocycles. The molecule has 2 rings (SSSR count). The number of hydrogen-bond acceptors (Lipinski definition) is 4. The average Bonchev–Trinajstić information content (AvgIpc) is 2.48. The zero-order valence-corrected chi connectivity index (χ0v) is 11.6. The molecular formula is C14H11FN2O3S. The summed E-state index contributed by atoms with van der Waals surface area (Å²) < 4.78 is 37.4. The van der Waals surface area contributed by atoms with Crippen LogP contribution in [0.4, 0.5) is 4.39 Å². The third-order valence-electron chi connectivity index (χ3n) is 2.63. The van der Waals surface area contributed by atoms with E-state index in [0.717, 1.165) is 17.7 Å². The maximum atomic E-state index is 13.4. The molecule has 0 aliphatic rings. The molecule has 0 radical (unpaired) electrons. The van der Waals surface area contributed by atoms with Gasteiger partial charge in [-0.05, 0) is 17.7 Å². The molecule has 0 amide bonds. The van der Waals surface area contributed by atoms with Gasteiger partial charge in [0.2, 0.25) is 0 Å². The van der Waals surface area contributed by atoms with Crippen LogP contribution in [0.25, 0.3) is 0 Å². The number of nitrogens with one attached hydrogen (secondary N) is 1. The molecule has 5 nitrogen and oxygen atoms in total. The first-order valence-corrected chi connectivity index (χ1v) is 7.39. The predicted molar refractivity (Wildman–Crippen MR) is 72.7 cm³/mol. The zero-order valence-electron chi connectivity index (χ0n) is 10.8. The van der Waals surface area contributed by atoms with Crippen LogP contribution in [0.15, 0.2) is 53.4 Å². The number of benzene rings is 2. The van der Waals surface area contributed by atoms with Gasteiger partial charge in [-0.2, -0.15) is 5.26 Å². The molecule has 0 fully saturated rings. The van der Waals surface area contributed by atoms with Gasteiger partial charge in [-0.1, -0.05) is 41.3 Å². The molecule has 0 aliphatic heterocycles. The number of nitriles is 1. The van der Waals surface area contributed by atoms with Crippen LogP contribution in [0, 0.1) is 17.1 Å². The fraction of sp³-hybridized carbons (Fsp3) is 0.0714. The average molecular weight is 306 g/mol. The van der Waals surface area contributed by atoms with Crippen LogP contribution in [-0.2, 0) is 21.5 Å². The third-order valence-corrected chi connectivity index (χ3v) is 3.88.